The third kappa shape index (κ3) is 3.36. The van der Waals surface area contributed by atoms with Gasteiger partial charge in [-0.3, -0.25) is 4.79 Å². The second-order valence-electron chi connectivity index (χ2n) is 3.78. The van der Waals surface area contributed by atoms with Crippen LogP contribution < -0.4 is 11.1 Å². The summed E-state index contributed by atoms with van der Waals surface area (Å²) in [5.41, 5.74) is 5.43. The Balaban J connectivity index is 2.42. The molecule has 0 bridgehead atoms. The van der Waals surface area contributed by atoms with Crippen molar-refractivity contribution in [2.24, 2.45) is 5.73 Å². The minimum absolute atomic E-state index is 0.0778. The van der Waals surface area contributed by atoms with E-state index < -0.39 is 6.10 Å². The lowest BCUT2D eigenvalue weighted by Gasteiger charge is -2.21. The van der Waals surface area contributed by atoms with Gasteiger partial charge in [0.2, 0.25) is 0 Å². The molecule has 3 N–H and O–H groups in total. The normalized spacial score (nSPS) is 27.7. The molecule has 5 heteroatoms. The van der Waals surface area contributed by atoms with E-state index in [4.69, 9.17) is 10.5 Å². The first-order valence-corrected chi connectivity index (χ1v) is 6.57. The average molecular weight is 232 g/mol. The van der Waals surface area contributed by atoms with Crippen molar-refractivity contribution in [1.29, 1.82) is 0 Å². The molecule has 1 aliphatic rings. The van der Waals surface area contributed by atoms with Crippen molar-refractivity contribution >= 4 is 17.7 Å². The summed E-state index contributed by atoms with van der Waals surface area (Å²) in [6.45, 7) is 0.235. The highest BCUT2D eigenvalue weighted by Crippen LogP contribution is 2.28. The monoisotopic (exact) mass is 232 g/mol. The molecule has 3 unspecified atom stereocenters. The molecule has 3 atom stereocenters. The Morgan fingerprint density at radius 1 is 1.67 bits per heavy atom. The van der Waals surface area contributed by atoms with Gasteiger partial charge in [0.25, 0.3) is 5.91 Å². The Morgan fingerprint density at radius 3 is 2.93 bits per heavy atom. The first kappa shape index (κ1) is 12.8. The van der Waals surface area contributed by atoms with Crippen molar-refractivity contribution < 1.29 is 9.53 Å². The fourth-order valence-corrected chi connectivity index (χ4v) is 2.89. The molecule has 0 heterocycles. The van der Waals surface area contributed by atoms with Crippen LogP contribution in [0.15, 0.2) is 0 Å². The van der Waals surface area contributed by atoms with Gasteiger partial charge in [0.05, 0.1) is 0 Å². The van der Waals surface area contributed by atoms with E-state index in [1.54, 1.807) is 0 Å². The smallest absolute Gasteiger partial charge is 0.250 e. The number of methoxy groups -OCH3 is 1. The molecule has 1 rings (SSSR count). The highest BCUT2D eigenvalue weighted by Gasteiger charge is 2.29. The van der Waals surface area contributed by atoms with Gasteiger partial charge in [-0.2, -0.15) is 11.8 Å². The lowest BCUT2D eigenvalue weighted by Crippen LogP contribution is -2.47. The zero-order valence-electron chi connectivity index (χ0n) is 9.36. The molecule has 0 aromatic rings. The molecule has 1 fully saturated rings. The highest BCUT2D eigenvalue weighted by atomic mass is 32.2. The maximum Gasteiger partial charge on any atom is 0.250 e. The number of thioether (sulfide) groups is 1. The summed E-state index contributed by atoms with van der Waals surface area (Å²) in [6, 6.07) is 0.289. The molecular formula is C10H20N2O2S. The summed E-state index contributed by atoms with van der Waals surface area (Å²) in [7, 11) is 1.51. The fourth-order valence-electron chi connectivity index (χ4n) is 1.96. The van der Waals surface area contributed by atoms with E-state index in [-0.39, 0.29) is 18.5 Å². The second-order valence-corrected chi connectivity index (χ2v) is 4.86. The number of nitrogens with one attached hydrogen (secondary N) is 1. The van der Waals surface area contributed by atoms with Crippen LogP contribution in [0, 0.1) is 0 Å². The number of hydrogen-bond acceptors (Lipinski definition) is 4. The molecule has 0 aromatic carbocycles. The number of carbonyl (C=O) groups excluding carboxylic acids is 1. The minimum atomic E-state index is -0.506. The lowest BCUT2D eigenvalue weighted by molar-refractivity contribution is -0.131. The largest absolute Gasteiger partial charge is 0.370 e. The molecule has 0 saturated heterocycles. The van der Waals surface area contributed by atoms with Crippen molar-refractivity contribution in [2.75, 3.05) is 19.9 Å². The third-order valence-corrected chi connectivity index (χ3v) is 4.04. The SMILES string of the molecule is COC(CN)C(=O)NC1CCCC1SC. The van der Waals surface area contributed by atoms with Gasteiger partial charge < -0.3 is 15.8 Å². The van der Waals surface area contributed by atoms with Gasteiger partial charge in [-0.25, -0.2) is 0 Å². The van der Waals surface area contributed by atoms with Crippen LogP contribution in [0.1, 0.15) is 19.3 Å². The van der Waals surface area contributed by atoms with Crippen LogP contribution in [0.2, 0.25) is 0 Å². The van der Waals surface area contributed by atoms with Crippen molar-refractivity contribution in [3.05, 3.63) is 0 Å². The third-order valence-electron chi connectivity index (χ3n) is 2.87. The van der Waals surface area contributed by atoms with Gasteiger partial charge in [-0.15, -0.1) is 0 Å². The van der Waals surface area contributed by atoms with Crippen LogP contribution in [0.3, 0.4) is 0 Å². The quantitative estimate of drug-likeness (QED) is 0.718. The van der Waals surface area contributed by atoms with Crippen molar-refractivity contribution in [2.45, 2.75) is 36.7 Å². The number of carbonyl (C=O) groups is 1. The maximum absolute atomic E-state index is 11.7. The summed E-state index contributed by atoms with van der Waals surface area (Å²) in [4.78, 5) is 11.7. The fraction of sp³-hybridized carbons (Fsp3) is 0.900. The van der Waals surface area contributed by atoms with Gasteiger partial charge in [-0.1, -0.05) is 6.42 Å². The zero-order chi connectivity index (χ0) is 11.3. The summed E-state index contributed by atoms with van der Waals surface area (Å²) in [5.74, 6) is -0.0778. The van der Waals surface area contributed by atoms with E-state index >= 15 is 0 Å². The van der Waals surface area contributed by atoms with Crippen LogP contribution >= 0.6 is 11.8 Å². The van der Waals surface area contributed by atoms with Crippen molar-refractivity contribution in [3.63, 3.8) is 0 Å². The molecule has 4 nitrogen and oxygen atoms in total. The van der Waals surface area contributed by atoms with Gasteiger partial charge >= 0.3 is 0 Å². The maximum atomic E-state index is 11.7. The van der Waals surface area contributed by atoms with E-state index in [9.17, 15) is 4.79 Å². The van der Waals surface area contributed by atoms with E-state index in [0.717, 1.165) is 6.42 Å². The van der Waals surface area contributed by atoms with E-state index in [1.165, 1.54) is 20.0 Å². The summed E-state index contributed by atoms with van der Waals surface area (Å²) >= 11 is 1.82. The second kappa shape index (κ2) is 6.35. The van der Waals surface area contributed by atoms with Gasteiger partial charge in [0, 0.05) is 24.9 Å². The predicted octanol–water partition coefficient (Wildman–Crippen LogP) is 0.360. The first-order chi connectivity index (χ1) is 7.22. The zero-order valence-corrected chi connectivity index (χ0v) is 10.2. The van der Waals surface area contributed by atoms with Crippen LogP contribution in [0.25, 0.3) is 0 Å². The molecule has 1 amide bonds. The Bertz CT molecular complexity index is 210. The molecule has 0 spiro atoms. The van der Waals surface area contributed by atoms with Gasteiger partial charge in [0.1, 0.15) is 6.10 Å². The number of amides is 1. The highest BCUT2D eigenvalue weighted by molar-refractivity contribution is 7.99. The number of ether oxygens (including phenoxy) is 1. The Kier molecular flexibility index (Phi) is 5.42. The first-order valence-electron chi connectivity index (χ1n) is 5.29. The number of rotatable bonds is 5. The molecule has 15 heavy (non-hydrogen) atoms. The van der Waals surface area contributed by atoms with Crippen LogP contribution in [0.4, 0.5) is 0 Å². The molecule has 1 saturated carbocycles. The molecule has 88 valence electrons. The van der Waals surface area contributed by atoms with Gasteiger partial charge in [0.15, 0.2) is 0 Å². The van der Waals surface area contributed by atoms with Crippen LogP contribution in [-0.4, -0.2) is 43.2 Å². The Labute approximate surface area is 95.3 Å². The number of hydrogen-bond donors (Lipinski definition) is 2. The van der Waals surface area contributed by atoms with Crippen molar-refractivity contribution in [1.82, 2.24) is 5.32 Å². The van der Waals surface area contributed by atoms with Gasteiger partial charge in [-0.05, 0) is 19.1 Å². The average Bonchev–Trinajstić information content (AvgIpc) is 2.67. The summed E-state index contributed by atoms with van der Waals surface area (Å²) < 4.78 is 5.00. The van der Waals surface area contributed by atoms with E-state index in [0.29, 0.717) is 5.25 Å². The van der Waals surface area contributed by atoms with Crippen molar-refractivity contribution in [3.8, 4) is 0 Å². The van der Waals surface area contributed by atoms with Crippen LogP contribution in [0.5, 0.6) is 0 Å². The topological polar surface area (TPSA) is 64.3 Å². The molecule has 1 aliphatic carbocycles. The Hall–Kier alpha value is -0.260. The van der Waals surface area contributed by atoms with E-state index in [2.05, 4.69) is 11.6 Å². The summed E-state index contributed by atoms with van der Waals surface area (Å²) in [6.07, 6.45) is 5.03. The van der Waals surface area contributed by atoms with Crippen LogP contribution in [-0.2, 0) is 9.53 Å². The lowest BCUT2D eigenvalue weighted by atomic mass is 10.2. The van der Waals surface area contributed by atoms with E-state index in [1.807, 2.05) is 11.8 Å². The minimum Gasteiger partial charge on any atom is -0.370 e. The summed E-state index contributed by atoms with van der Waals surface area (Å²) in [5, 5.41) is 3.56. The predicted molar refractivity (Wildman–Crippen MR) is 62.9 cm³/mol. The molecule has 0 radical (unpaired) electrons. The molecular weight excluding hydrogens is 212 g/mol. The molecule has 0 aromatic heterocycles. The number of nitrogens with two attached hydrogens (primary N) is 1. The Morgan fingerprint density at radius 2 is 2.40 bits per heavy atom. The standard InChI is InChI=1S/C10H20N2O2S/c1-14-8(6-11)10(13)12-7-4-3-5-9(7)15-2/h7-9H,3-6,11H2,1-2H3,(H,12,13). The molecule has 0 aliphatic heterocycles.